The number of aliphatic hydroxyl groups is 5. The van der Waals surface area contributed by atoms with Gasteiger partial charge in [0.05, 0.1) is 25.4 Å². The molecule has 11 heteroatoms. The average Bonchev–Trinajstić information content (AvgIpc) is 3.30. The highest BCUT2D eigenvalue weighted by Crippen LogP contribution is 2.26. The van der Waals surface area contributed by atoms with Gasteiger partial charge >= 0.3 is 5.97 Å². The molecule has 65 heavy (non-hydrogen) atoms. The van der Waals surface area contributed by atoms with Crippen LogP contribution in [0.5, 0.6) is 0 Å². The summed E-state index contributed by atoms with van der Waals surface area (Å²) in [7, 11) is 0. The lowest BCUT2D eigenvalue weighted by molar-refractivity contribution is -0.305. The summed E-state index contributed by atoms with van der Waals surface area (Å²) in [6.07, 6.45) is 39.0. The van der Waals surface area contributed by atoms with Gasteiger partial charge in [-0.25, -0.2) is 0 Å². The summed E-state index contributed by atoms with van der Waals surface area (Å²) in [4.78, 5) is 26.3. The maximum absolute atomic E-state index is 13.3. The first-order valence-corrected chi connectivity index (χ1v) is 26.4. The third-order valence-corrected chi connectivity index (χ3v) is 12.2. The number of amides is 1. The number of nitrogens with one attached hydrogen (secondary N) is 1. The molecule has 0 bridgehead atoms. The predicted molar refractivity (Wildman–Crippen MR) is 264 cm³/mol. The first-order chi connectivity index (χ1) is 31.7. The molecule has 6 N–H and O–H groups in total. The van der Waals surface area contributed by atoms with Crippen molar-refractivity contribution in [2.45, 2.75) is 269 Å². The SMILES string of the molecule is CCCC/C=C\CCCCCCC(O)C(=O)NC(COC1OC(CO)C(O)C(O)C1OC(=O)CC/C=C/C/C=C\CCCCCCCC)C(O)/C=C/CCCCCCCCCCCCC. The van der Waals surface area contributed by atoms with Gasteiger partial charge in [0.2, 0.25) is 5.91 Å². The summed E-state index contributed by atoms with van der Waals surface area (Å²) in [5.41, 5.74) is 0. The Morgan fingerprint density at radius 1 is 0.600 bits per heavy atom. The third-order valence-electron chi connectivity index (χ3n) is 12.2. The van der Waals surface area contributed by atoms with E-state index in [-0.39, 0.29) is 19.4 Å². The maximum Gasteiger partial charge on any atom is 0.306 e. The highest BCUT2D eigenvalue weighted by Gasteiger charge is 2.47. The Bertz CT molecular complexity index is 1240. The number of hydrogen-bond donors (Lipinski definition) is 6. The van der Waals surface area contributed by atoms with Crippen LogP contribution in [0.4, 0.5) is 0 Å². The molecule has 0 radical (unpaired) electrons. The molecule has 0 aliphatic carbocycles. The molecule has 1 heterocycles. The first-order valence-electron chi connectivity index (χ1n) is 26.4. The van der Waals surface area contributed by atoms with E-state index >= 15 is 0 Å². The minimum absolute atomic E-state index is 0.0166. The van der Waals surface area contributed by atoms with E-state index < -0.39 is 67.4 Å². The zero-order chi connectivity index (χ0) is 47.6. The molecule has 11 nitrogen and oxygen atoms in total. The molecule has 0 aromatic carbocycles. The quantitative estimate of drug-likeness (QED) is 0.0196. The van der Waals surface area contributed by atoms with Crippen LogP contribution >= 0.6 is 0 Å². The lowest BCUT2D eigenvalue weighted by atomic mass is 9.99. The fourth-order valence-electron chi connectivity index (χ4n) is 7.92. The third kappa shape index (κ3) is 32.1. The molecule has 0 aromatic heterocycles. The Hall–Kier alpha value is -2.38. The van der Waals surface area contributed by atoms with Crippen molar-refractivity contribution in [1.82, 2.24) is 5.32 Å². The number of ether oxygens (including phenoxy) is 3. The minimum Gasteiger partial charge on any atom is -0.454 e. The normalized spacial score (nSPS) is 20.6. The first kappa shape index (κ1) is 60.6. The van der Waals surface area contributed by atoms with Crippen molar-refractivity contribution < 1.29 is 49.3 Å². The van der Waals surface area contributed by atoms with Crippen LogP contribution in [0.15, 0.2) is 48.6 Å². The maximum atomic E-state index is 13.3. The second kappa shape index (κ2) is 42.9. The van der Waals surface area contributed by atoms with Gasteiger partial charge in [0, 0.05) is 6.42 Å². The smallest absolute Gasteiger partial charge is 0.306 e. The van der Waals surface area contributed by atoms with Crippen molar-refractivity contribution in [3.63, 3.8) is 0 Å². The summed E-state index contributed by atoms with van der Waals surface area (Å²) >= 11 is 0. The van der Waals surface area contributed by atoms with E-state index in [0.717, 1.165) is 64.2 Å². The molecular formula is C54H97NO10. The molecular weight excluding hydrogens is 823 g/mol. The monoisotopic (exact) mass is 920 g/mol. The van der Waals surface area contributed by atoms with Crippen molar-refractivity contribution in [3.8, 4) is 0 Å². The van der Waals surface area contributed by atoms with Gasteiger partial charge in [0.25, 0.3) is 0 Å². The minimum atomic E-state index is -1.63. The Morgan fingerprint density at radius 3 is 1.63 bits per heavy atom. The Balaban J connectivity index is 2.82. The molecule has 8 unspecified atom stereocenters. The highest BCUT2D eigenvalue weighted by atomic mass is 16.7. The lowest BCUT2D eigenvalue weighted by Gasteiger charge is -2.41. The zero-order valence-corrected chi connectivity index (χ0v) is 41.3. The number of hydrogen-bond acceptors (Lipinski definition) is 10. The molecule has 0 spiro atoms. The molecule has 1 amide bonds. The van der Waals surface area contributed by atoms with Crippen LogP contribution in [0.1, 0.15) is 220 Å². The second-order valence-corrected chi connectivity index (χ2v) is 18.2. The van der Waals surface area contributed by atoms with Crippen molar-refractivity contribution >= 4 is 11.9 Å². The molecule has 1 aliphatic rings. The fourth-order valence-corrected chi connectivity index (χ4v) is 7.92. The summed E-state index contributed by atoms with van der Waals surface area (Å²) in [6.45, 7) is 5.66. The topological polar surface area (TPSA) is 175 Å². The molecule has 378 valence electrons. The van der Waals surface area contributed by atoms with Crippen LogP contribution in [0.25, 0.3) is 0 Å². The van der Waals surface area contributed by atoms with Gasteiger partial charge in [0.1, 0.15) is 24.4 Å². The van der Waals surface area contributed by atoms with Gasteiger partial charge in [-0.15, -0.1) is 0 Å². The van der Waals surface area contributed by atoms with Crippen molar-refractivity contribution in [2.24, 2.45) is 0 Å². The predicted octanol–water partition coefficient (Wildman–Crippen LogP) is 10.9. The van der Waals surface area contributed by atoms with E-state index in [0.29, 0.717) is 12.8 Å². The highest BCUT2D eigenvalue weighted by molar-refractivity contribution is 5.80. The number of rotatable bonds is 43. The van der Waals surface area contributed by atoms with Crippen molar-refractivity contribution in [1.29, 1.82) is 0 Å². The Morgan fingerprint density at radius 2 is 1.08 bits per heavy atom. The van der Waals surface area contributed by atoms with Crippen LogP contribution in [0.2, 0.25) is 0 Å². The second-order valence-electron chi connectivity index (χ2n) is 18.2. The fraction of sp³-hybridized carbons (Fsp3) is 0.815. The molecule has 1 rings (SSSR count). The Labute approximate surface area is 396 Å². The summed E-state index contributed by atoms with van der Waals surface area (Å²) in [6, 6.07) is -1.04. The van der Waals surface area contributed by atoms with Crippen LogP contribution in [0, 0.1) is 0 Å². The van der Waals surface area contributed by atoms with Gasteiger partial charge in [-0.3, -0.25) is 9.59 Å². The van der Waals surface area contributed by atoms with E-state index in [4.69, 9.17) is 14.2 Å². The van der Waals surface area contributed by atoms with Gasteiger partial charge < -0.3 is 45.1 Å². The number of carbonyl (C=O) groups excluding carboxylic acids is 2. The number of esters is 1. The van der Waals surface area contributed by atoms with Crippen LogP contribution in [0.3, 0.4) is 0 Å². The number of carbonyl (C=O) groups is 2. The van der Waals surface area contributed by atoms with Gasteiger partial charge in [-0.1, -0.05) is 198 Å². The van der Waals surface area contributed by atoms with E-state index in [1.54, 1.807) is 6.08 Å². The molecule has 8 atom stereocenters. The Kier molecular flexibility index (Phi) is 40.1. The van der Waals surface area contributed by atoms with E-state index in [2.05, 4.69) is 50.4 Å². The molecule has 1 fully saturated rings. The molecule has 0 aromatic rings. The van der Waals surface area contributed by atoms with Crippen LogP contribution in [-0.4, -0.2) is 99.6 Å². The number of aliphatic hydroxyl groups excluding tert-OH is 5. The summed E-state index contributed by atoms with van der Waals surface area (Å²) < 4.78 is 17.4. The zero-order valence-electron chi connectivity index (χ0n) is 41.3. The van der Waals surface area contributed by atoms with Crippen molar-refractivity contribution in [2.75, 3.05) is 13.2 Å². The van der Waals surface area contributed by atoms with E-state index in [1.807, 2.05) is 18.2 Å². The van der Waals surface area contributed by atoms with Crippen LogP contribution in [-0.2, 0) is 23.8 Å². The molecule has 1 aliphatic heterocycles. The van der Waals surface area contributed by atoms with E-state index in [1.165, 1.54) is 109 Å². The van der Waals surface area contributed by atoms with E-state index in [9.17, 15) is 35.1 Å². The standard InChI is InChI=1S/C54H97NO10/c1-4-7-10-13-16-19-22-24-26-29-31-34-37-40-46(57)45(55-53(62)47(58)41-38-35-32-28-21-18-15-12-9-6-3)44-63-54-52(51(61)50(60)48(43-56)64-54)65-49(59)42-39-36-33-30-27-25-23-20-17-14-11-8-5-2/h15,18,25,27,33,36-37,40,45-48,50-52,54,56-58,60-61H,4-14,16-17,19-24,26,28-32,34-35,38-39,41-44H2,1-3H3,(H,55,62)/b18-15-,27-25-,36-33+,40-37+. The van der Waals surface area contributed by atoms with Gasteiger partial charge in [0.15, 0.2) is 12.4 Å². The van der Waals surface area contributed by atoms with Crippen molar-refractivity contribution in [3.05, 3.63) is 48.6 Å². The summed E-state index contributed by atoms with van der Waals surface area (Å²) in [5, 5.41) is 56.5. The summed E-state index contributed by atoms with van der Waals surface area (Å²) in [5.74, 6) is -1.28. The molecule has 1 saturated heterocycles. The van der Waals surface area contributed by atoms with Gasteiger partial charge in [-0.2, -0.15) is 0 Å². The number of allylic oxidation sites excluding steroid dienone is 7. The van der Waals surface area contributed by atoms with Crippen LogP contribution < -0.4 is 5.32 Å². The van der Waals surface area contributed by atoms with Gasteiger partial charge in [-0.05, 0) is 64.2 Å². The lowest BCUT2D eigenvalue weighted by Crippen LogP contribution is -2.61. The average molecular weight is 920 g/mol. The largest absolute Gasteiger partial charge is 0.454 e. The number of unbranched alkanes of at least 4 members (excludes halogenated alkanes) is 23. The molecule has 0 saturated carbocycles.